The van der Waals surface area contributed by atoms with E-state index in [1.54, 1.807) is 0 Å². The van der Waals surface area contributed by atoms with Crippen molar-refractivity contribution in [1.29, 1.82) is 5.26 Å². The maximum atomic E-state index is 9.02. The second-order valence-electron chi connectivity index (χ2n) is 8.52. The van der Waals surface area contributed by atoms with Crippen molar-refractivity contribution in [1.82, 2.24) is 4.90 Å². The summed E-state index contributed by atoms with van der Waals surface area (Å²) in [4.78, 5) is 2.17. The molecule has 5 heteroatoms. The molecule has 4 nitrogen and oxygen atoms in total. The Labute approximate surface area is 195 Å². The highest BCUT2D eigenvalue weighted by atomic mass is 35.5. The van der Waals surface area contributed by atoms with Gasteiger partial charge in [-0.25, -0.2) is 0 Å². The molecule has 0 saturated carbocycles. The average molecular weight is 447 g/mol. The van der Waals surface area contributed by atoms with E-state index in [0.717, 1.165) is 29.7 Å². The quantitative estimate of drug-likeness (QED) is 0.440. The molecule has 0 saturated heterocycles. The van der Waals surface area contributed by atoms with Crippen LogP contribution in [-0.2, 0) is 28.3 Å². The Morgan fingerprint density at radius 1 is 1.06 bits per heavy atom. The summed E-state index contributed by atoms with van der Waals surface area (Å²) in [6, 6.07) is 24.0. The lowest BCUT2D eigenvalue weighted by Crippen LogP contribution is -2.35. The smallest absolute Gasteiger partial charge is 0.118 e. The highest BCUT2D eigenvalue weighted by Crippen LogP contribution is 2.40. The number of benzene rings is 3. The Morgan fingerprint density at radius 2 is 1.84 bits per heavy atom. The van der Waals surface area contributed by atoms with Crippen LogP contribution in [0.1, 0.15) is 28.7 Å². The third-order valence-electron chi connectivity index (χ3n) is 5.88. The summed E-state index contributed by atoms with van der Waals surface area (Å²) in [7, 11) is 4.15. The Hall–Kier alpha value is -2.68. The van der Waals surface area contributed by atoms with Gasteiger partial charge in [-0.05, 0) is 78.7 Å². The van der Waals surface area contributed by atoms with Crippen molar-refractivity contribution < 1.29 is 9.47 Å². The van der Waals surface area contributed by atoms with Gasteiger partial charge >= 0.3 is 0 Å². The van der Waals surface area contributed by atoms with Crippen molar-refractivity contribution in [2.45, 2.75) is 25.2 Å². The molecule has 1 aliphatic rings. The Kier molecular flexibility index (Phi) is 6.93. The largest absolute Gasteiger partial charge is 0.373 e. The van der Waals surface area contributed by atoms with E-state index in [1.807, 2.05) is 36.4 Å². The molecule has 4 rings (SSSR count). The maximum Gasteiger partial charge on any atom is 0.118 e. The molecule has 3 aromatic carbocycles. The molecule has 0 aromatic heterocycles. The molecule has 0 radical (unpaired) electrons. The molecule has 0 bridgehead atoms. The monoisotopic (exact) mass is 446 g/mol. The molecule has 3 aromatic rings. The summed E-state index contributed by atoms with van der Waals surface area (Å²) >= 11 is 6.41. The normalized spacial score (nSPS) is 17.3. The molecule has 0 fully saturated rings. The fourth-order valence-electron chi connectivity index (χ4n) is 4.16. The van der Waals surface area contributed by atoms with Crippen molar-refractivity contribution >= 4 is 11.6 Å². The Bertz CT molecular complexity index is 1120. The molecule has 0 aliphatic carbocycles. The topological polar surface area (TPSA) is 45.5 Å². The first-order valence-electron chi connectivity index (χ1n) is 10.7. The van der Waals surface area contributed by atoms with Gasteiger partial charge in [0.05, 0.1) is 31.5 Å². The van der Waals surface area contributed by atoms with Crippen molar-refractivity contribution in [2.75, 3.05) is 27.2 Å². The highest BCUT2D eigenvalue weighted by Gasteiger charge is 2.40. The molecule has 0 spiro atoms. The van der Waals surface area contributed by atoms with E-state index in [4.69, 9.17) is 26.3 Å². The highest BCUT2D eigenvalue weighted by molar-refractivity contribution is 6.31. The molecule has 0 amide bonds. The lowest BCUT2D eigenvalue weighted by Gasteiger charge is -2.31. The SMILES string of the molecule is CN(C)CCC1(COCc2cc(Cl)cc(-c3ccc(C#N)cc3)c2)OCc2ccccc21. The van der Waals surface area contributed by atoms with E-state index in [1.165, 1.54) is 11.1 Å². The van der Waals surface area contributed by atoms with E-state index >= 15 is 0 Å². The Balaban J connectivity index is 1.50. The van der Waals surface area contributed by atoms with E-state index in [0.29, 0.717) is 30.4 Å². The molecular weight excluding hydrogens is 420 g/mol. The van der Waals surface area contributed by atoms with Crippen LogP contribution in [0.3, 0.4) is 0 Å². The van der Waals surface area contributed by atoms with E-state index in [2.05, 4.69) is 55.4 Å². The van der Waals surface area contributed by atoms with Gasteiger partial charge in [0.15, 0.2) is 0 Å². The molecule has 1 unspecified atom stereocenters. The molecular formula is C27H27ClN2O2. The fourth-order valence-corrected chi connectivity index (χ4v) is 4.42. The number of ether oxygens (including phenoxy) is 2. The summed E-state index contributed by atoms with van der Waals surface area (Å²) in [5.74, 6) is 0. The zero-order valence-electron chi connectivity index (χ0n) is 18.5. The summed E-state index contributed by atoms with van der Waals surface area (Å²) in [6.45, 7) is 2.46. The molecule has 164 valence electrons. The second kappa shape index (κ2) is 9.85. The number of nitrogens with zero attached hydrogens (tertiary/aromatic N) is 2. The maximum absolute atomic E-state index is 9.02. The van der Waals surface area contributed by atoms with Gasteiger partial charge in [0.2, 0.25) is 0 Å². The van der Waals surface area contributed by atoms with E-state index in [9.17, 15) is 0 Å². The van der Waals surface area contributed by atoms with Crippen molar-refractivity contribution in [3.05, 3.63) is 94.0 Å². The first-order chi connectivity index (χ1) is 15.5. The van der Waals surface area contributed by atoms with Crippen LogP contribution in [0.4, 0.5) is 0 Å². The number of hydrogen-bond donors (Lipinski definition) is 0. The van der Waals surface area contributed by atoms with Crippen molar-refractivity contribution in [3.8, 4) is 17.2 Å². The second-order valence-corrected chi connectivity index (χ2v) is 8.96. The van der Waals surface area contributed by atoms with E-state index < -0.39 is 5.60 Å². The minimum absolute atomic E-state index is 0.435. The molecule has 1 heterocycles. The molecule has 0 N–H and O–H groups in total. The first-order valence-corrected chi connectivity index (χ1v) is 11.1. The zero-order chi connectivity index (χ0) is 22.6. The standard InChI is InChI=1S/C27H27ClN2O2/c1-30(2)12-11-27(26-6-4-3-5-23(26)18-32-27)19-31-17-21-13-24(15-25(28)14-21)22-9-7-20(16-29)8-10-22/h3-10,13-15H,11-12,17-19H2,1-2H3. The predicted octanol–water partition coefficient (Wildman–Crippen LogP) is 5.77. The minimum Gasteiger partial charge on any atom is -0.373 e. The summed E-state index contributed by atoms with van der Waals surface area (Å²) < 4.78 is 12.6. The number of hydrogen-bond acceptors (Lipinski definition) is 4. The van der Waals surface area contributed by atoms with Gasteiger partial charge in [-0.1, -0.05) is 48.0 Å². The van der Waals surface area contributed by atoms with Crippen LogP contribution in [0.5, 0.6) is 0 Å². The van der Waals surface area contributed by atoms with E-state index in [-0.39, 0.29) is 0 Å². The van der Waals surface area contributed by atoms with Gasteiger partial charge in [0.25, 0.3) is 0 Å². The van der Waals surface area contributed by atoms with Crippen molar-refractivity contribution in [2.24, 2.45) is 0 Å². The van der Waals surface area contributed by atoms with Crippen LogP contribution in [0.2, 0.25) is 5.02 Å². The van der Waals surface area contributed by atoms with Crippen LogP contribution in [0.15, 0.2) is 66.7 Å². The van der Waals surface area contributed by atoms with Gasteiger partial charge < -0.3 is 14.4 Å². The molecule has 1 atom stereocenters. The summed E-state index contributed by atoms with van der Waals surface area (Å²) in [5.41, 5.74) is 5.70. The average Bonchev–Trinajstić information content (AvgIpc) is 3.16. The predicted molar refractivity (Wildman–Crippen MR) is 127 cm³/mol. The van der Waals surface area contributed by atoms with Gasteiger partial charge in [0, 0.05) is 11.6 Å². The van der Waals surface area contributed by atoms with Crippen LogP contribution in [0, 0.1) is 11.3 Å². The molecule has 1 aliphatic heterocycles. The van der Waals surface area contributed by atoms with Gasteiger partial charge in [-0.2, -0.15) is 5.26 Å². The van der Waals surface area contributed by atoms with Crippen LogP contribution in [-0.4, -0.2) is 32.1 Å². The third-order valence-corrected chi connectivity index (χ3v) is 6.10. The lowest BCUT2D eigenvalue weighted by molar-refractivity contribution is -0.105. The first kappa shape index (κ1) is 22.5. The summed E-state index contributed by atoms with van der Waals surface area (Å²) in [6.07, 6.45) is 0.864. The lowest BCUT2D eigenvalue weighted by atomic mass is 9.90. The minimum atomic E-state index is -0.435. The Morgan fingerprint density at radius 3 is 2.59 bits per heavy atom. The van der Waals surface area contributed by atoms with Crippen LogP contribution >= 0.6 is 11.6 Å². The number of rotatable bonds is 8. The molecule has 32 heavy (non-hydrogen) atoms. The zero-order valence-corrected chi connectivity index (χ0v) is 19.2. The number of fused-ring (bicyclic) bond motifs is 1. The third kappa shape index (κ3) is 5.03. The van der Waals surface area contributed by atoms with Gasteiger partial charge in [-0.3, -0.25) is 0 Å². The van der Waals surface area contributed by atoms with Crippen LogP contribution in [0.25, 0.3) is 11.1 Å². The van der Waals surface area contributed by atoms with Crippen molar-refractivity contribution in [3.63, 3.8) is 0 Å². The summed E-state index contributed by atoms with van der Waals surface area (Å²) in [5, 5.41) is 9.69. The van der Waals surface area contributed by atoms with Crippen LogP contribution < -0.4 is 0 Å². The number of nitriles is 1. The fraction of sp³-hybridized carbons (Fsp3) is 0.296. The van der Waals surface area contributed by atoms with Gasteiger partial charge in [0.1, 0.15) is 5.60 Å². The number of halogens is 1. The van der Waals surface area contributed by atoms with Gasteiger partial charge in [-0.15, -0.1) is 0 Å².